The lowest BCUT2D eigenvalue weighted by atomic mass is 10.1. The fourth-order valence-electron chi connectivity index (χ4n) is 4.25. The van der Waals surface area contributed by atoms with Crippen molar-refractivity contribution in [1.29, 1.82) is 0 Å². The Morgan fingerprint density at radius 2 is 1.80 bits per heavy atom. The van der Waals surface area contributed by atoms with Crippen LogP contribution in [0.3, 0.4) is 0 Å². The molecule has 2 aromatic carbocycles. The Bertz CT molecular complexity index is 1480. The van der Waals surface area contributed by atoms with Crippen molar-refractivity contribution in [2.75, 3.05) is 13.1 Å². The van der Waals surface area contributed by atoms with E-state index >= 15 is 0 Å². The lowest BCUT2D eigenvalue weighted by Gasteiger charge is -2.29. The largest absolute Gasteiger partial charge is 0.474 e. The molecule has 1 aliphatic rings. The summed E-state index contributed by atoms with van der Waals surface area (Å²) in [7, 11) is -3.95. The number of rotatable bonds is 5. The Kier molecular flexibility index (Phi) is 5.89. The first-order valence-corrected chi connectivity index (χ1v) is 12.5. The van der Waals surface area contributed by atoms with Crippen LogP contribution in [0, 0.1) is 5.82 Å². The predicted molar refractivity (Wildman–Crippen MR) is 127 cm³/mol. The van der Waals surface area contributed by atoms with Crippen LogP contribution in [0.25, 0.3) is 22.0 Å². The summed E-state index contributed by atoms with van der Waals surface area (Å²) in [6, 6.07) is 15.5. The summed E-state index contributed by atoms with van der Waals surface area (Å²) in [4.78, 5) is 16.9. The SMILES string of the molecule is O=C(O)N1CCC(Oc2ccc(-c3cn(S(=O)(=O)c4ccccc4)c4cc(F)ccc34)cn2)CC1. The number of aromatic nitrogens is 2. The average molecular weight is 496 g/mol. The number of fused-ring (bicyclic) bond motifs is 1. The highest BCUT2D eigenvalue weighted by Crippen LogP contribution is 2.34. The summed E-state index contributed by atoms with van der Waals surface area (Å²) < 4.78 is 47.7. The van der Waals surface area contributed by atoms with Gasteiger partial charge in [-0.15, -0.1) is 0 Å². The highest BCUT2D eigenvalue weighted by atomic mass is 32.2. The number of likely N-dealkylation sites (tertiary alicyclic amines) is 1. The van der Waals surface area contributed by atoms with Gasteiger partial charge in [0.05, 0.1) is 10.4 Å². The van der Waals surface area contributed by atoms with Crippen LogP contribution in [0.15, 0.2) is 78.0 Å². The van der Waals surface area contributed by atoms with Crippen molar-refractivity contribution in [3.8, 4) is 17.0 Å². The summed E-state index contributed by atoms with van der Waals surface area (Å²) in [5.74, 6) is -0.142. The molecule has 180 valence electrons. The van der Waals surface area contributed by atoms with Gasteiger partial charge in [-0.05, 0) is 36.4 Å². The second-order valence-corrected chi connectivity index (χ2v) is 10.1. The lowest BCUT2D eigenvalue weighted by molar-refractivity contribution is 0.0871. The van der Waals surface area contributed by atoms with E-state index in [0.29, 0.717) is 48.3 Å². The molecule has 0 saturated carbocycles. The molecule has 0 radical (unpaired) electrons. The third-order valence-electron chi connectivity index (χ3n) is 6.08. The van der Waals surface area contributed by atoms with Crippen LogP contribution in [0.1, 0.15) is 12.8 Å². The first kappa shape index (κ1) is 22.9. The Morgan fingerprint density at radius 1 is 1.06 bits per heavy atom. The molecule has 1 saturated heterocycles. The molecule has 1 N–H and O–H groups in total. The summed E-state index contributed by atoms with van der Waals surface area (Å²) in [6.45, 7) is 0.814. The van der Waals surface area contributed by atoms with Crippen LogP contribution in [-0.2, 0) is 10.0 Å². The number of amides is 1. The minimum Gasteiger partial charge on any atom is -0.474 e. The Labute approximate surface area is 201 Å². The summed E-state index contributed by atoms with van der Waals surface area (Å²) in [5.41, 5.74) is 1.47. The van der Waals surface area contributed by atoms with Gasteiger partial charge in [0.1, 0.15) is 11.9 Å². The molecule has 10 heteroatoms. The van der Waals surface area contributed by atoms with Gasteiger partial charge in [-0.1, -0.05) is 18.2 Å². The van der Waals surface area contributed by atoms with Crippen molar-refractivity contribution >= 4 is 27.0 Å². The third-order valence-corrected chi connectivity index (χ3v) is 7.77. The fraction of sp³-hybridized carbons (Fsp3) is 0.200. The molecule has 0 bridgehead atoms. The zero-order chi connectivity index (χ0) is 24.6. The van der Waals surface area contributed by atoms with Crippen molar-refractivity contribution < 1.29 is 27.4 Å². The second-order valence-electron chi connectivity index (χ2n) is 8.29. The van der Waals surface area contributed by atoms with Gasteiger partial charge in [-0.2, -0.15) is 0 Å². The van der Waals surface area contributed by atoms with Gasteiger partial charge in [-0.3, -0.25) is 0 Å². The standard InChI is InChI=1S/C25H22FN3O5S/c26-18-7-8-21-22(16-29(23(21)14-18)35(32,33)20-4-2-1-3-5-20)17-6-9-24(27-15-17)34-19-10-12-28(13-11-19)25(30)31/h1-9,14-16,19H,10-13H2,(H,30,31). The van der Waals surface area contributed by atoms with Crippen molar-refractivity contribution in [3.63, 3.8) is 0 Å². The van der Waals surface area contributed by atoms with Crippen molar-refractivity contribution in [1.82, 2.24) is 13.9 Å². The molecule has 5 rings (SSSR count). The summed E-state index contributed by atoms with van der Waals surface area (Å²) in [5, 5.41) is 9.64. The quantitative estimate of drug-likeness (QED) is 0.434. The average Bonchev–Trinajstić information content (AvgIpc) is 3.25. The van der Waals surface area contributed by atoms with Gasteiger partial charge in [0.25, 0.3) is 10.0 Å². The van der Waals surface area contributed by atoms with E-state index in [1.54, 1.807) is 42.6 Å². The van der Waals surface area contributed by atoms with Crippen LogP contribution < -0.4 is 4.74 Å². The number of benzene rings is 2. The maximum absolute atomic E-state index is 14.1. The topological polar surface area (TPSA) is 102 Å². The van der Waals surface area contributed by atoms with Crippen LogP contribution in [0.4, 0.5) is 9.18 Å². The van der Waals surface area contributed by atoms with Crippen LogP contribution in [0.2, 0.25) is 0 Å². The number of nitrogens with zero attached hydrogens (tertiary/aromatic N) is 3. The molecule has 1 fully saturated rings. The van der Waals surface area contributed by atoms with Crippen LogP contribution in [-0.4, -0.2) is 52.7 Å². The fourth-order valence-corrected chi connectivity index (χ4v) is 5.63. The van der Waals surface area contributed by atoms with Gasteiger partial charge in [0.2, 0.25) is 5.88 Å². The van der Waals surface area contributed by atoms with E-state index in [0.717, 1.165) is 3.97 Å². The zero-order valence-corrected chi connectivity index (χ0v) is 19.4. The Morgan fingerprint density at radius 3 is 2.46 bits per heavy atom. The van der Waals surface area contributed by atoms with Crippen LogP contribution >= 0.6 is 0 Å². The second kappa shape index (κ2) is 9.03. The van der Waals surface area contributed by atoms with Crippen LogP contribution in [0.5, 0.6) is 5.88 Å². The number of halogens is 1. The number of hydrogen-bond donors (Lipinski definition) is 1. The van der Waals surface area contributed by atoms with E-state index in [9.17, 15) is 17.6 Å². The molecule has 1 amide bonds. The monoisotopic (exact) mass is 495 g/mol. The van der Waals surface area contributed by atoms with Gasteiger partial charge >= 0.3 is 6.09 Å². The number of ether oxygens (including phenoxy) is 1. The van der Waals surface area contributed by atoms with Gasteiger partial charge in [0.15, 0.2) is 0 Å². The minimum atomic E-state index is -3.95. The number of piperidine rings is 1. The molecule has 0 spiro atoms. The highest BCUT2D eigenvalue weighted by Gasteiger charge is 2.24. The molecule has 0 atom stereocenters. The number of pyridine rings is 1. The van der Waals surface area contributed by atoms with E-state index < -0.39 is 21.9 Å². The molecule has 3 heterocycles. The minimum absolute atomic E-state index is 0.100. The Hall–Kier alpha value is -3.92. The predicted octanol–water partition coefficient (Wildman–Crippen LogP) is 4.60. The molecule has 4 aromatic rings. The van der Waals surface area contributed by atoms with E-state index in [1.807, 2.05) is 0 Å². The normalized spacial score (nSPS) is 14.8. The zero-order valence-electron chi connectivity index (χ0n) is 18.5. The van der Waals surface area contributed by atoms with Gasteiger partial charge in [-0.25, -0.2) is 26.6 Å². The van der Waals surface area contributed by atoms with Crippen molar-refractivity contribution in [3.05, 3.63) is 78.9 Å². The third kappa shape index (κ3) is 4.44. The molecule has 0 aliphatic carbocycles. The van der Waals surface area contributed by atoms with E-state index in [1.165, 1.54) is 35.4 Å². The van der Waals surface area contributed by atoms with E-state index in [2.05, 4.69) is 4.98 Å². The van der Waals surface area contributed by atoms with E-state index in [-0.39, 0.29) is 16.5 Å². The number of carboxylic acid groups (broad SMARTS) is 1. The van der Waals surface area contributed by atoms with Crippen molar-refractivity contribution in [2.45, 2.75) is 23.8 Å². The molecule has 1 aliphatic heterocycles. The maximum atomic E-state index is 14.1. The lowest BCUT2D eigenvalue weighted by Crippen LogP contribution is -2.41. The number of hydrogen-bond acceptors (Lipinski definition) is 5. The first-order chi connectivity index (χ1) is 16.8. The molecular weight excluding hydrogens is 473 g/mol. The summed E-state index contributed by atoms with van der Waals surface area (Å²) >= 11 is 0. The first-order valence-electron chi connectivity index (χ1n) is 11.0. The molecule has 35 heavy (non-hydrogen) atoms. The number of carbonyl (C=O) groups is 1. The summed E-state index contributed by atoms with van der Waals surface area (Å²) in [6.07, 6.45) is 3.15. The smallest absolute Gasteiger partial charge is 0.407 e. The molecule has 0 unspecified atom stereocenters. The van der Waals surface area contributed by atoms with E-state index in [4.69, 9.17) is 9.84 Å². The molecule has 8 nitrogen and oxygen atoms in total. The van der Waals surface area contributed by atoms with Gasteiger partial charge < -0.3 is 14.7 Å². The van der Waals surface area contributed by atoms with Gasteiger partial charge in [0, 0.05) is 60.9 Å². The molecular formula is C25H22FN3O5S. The molecule has 2 aromatic heterocycles. The van der Waals surface area contributed by atoms with Crippen molar-refractivity contribution in [2.24, 2.45) is 0 Å². The maximum Gasteiger partial charge on any atom is 0.407 e. The Balaban J connectivity index is 1.45. The highest BCUT2D eigenvalue weighted by molar-refractivity contribution is 7.90.